The van der Waals surface area contributed by atoms with Crippen LogP contribution in [0.15, 0.2) is 12.1 Å². The van der Waals surface area contributed by atoms with Gasteiger partial charge in [-0.25, -0.2) is 4.79 Å². The number of urea groups is 1. The van der Waals surface area contributed by atoms with Crippen LogP contribution >= 0.6 is 11.6 Å². The van der Waals surface area contributed by atoms with E-state index in [4.69, 9.17) is 22.7 Å². The molecule has 0 saturated heterocycles. The molecular weight excluding hydrogens is 264 g/mol. The molecule has 6 heteroatoms. The fraction of sp³-hybridized carbons (Fsp3) is 0.385. The van der Waals surface area contributed by atoms with Gasteiger partial charge in [-0.15, -0.1) is 0 Å². The van der Waals surface area contributed by atoms with Crippen LogP contribution < -0.4 is 16.0 Å². The highest BCUT2D eigenvalue weighted by Gasteiger charge is 2.19. The second kappa shape index (κ2) is 6.43. The molecule has 0 aliphatic carbocycles. The van der Waals surface area contributed by atoms with Gasteiger partial charge in [-0.2, -0.15) is 0 Å². The standard InChI is InChI=1S/C13H19ClN4O/c1-4-5-18(13(19)17-12(15)16)11-8(2)6-10(14)7-9(11)3/h6-7H,4-5H2,1-3H3,(H4,15,16,17,19). The maximum Gasteiger partial charge on any atom is 0.328 e. The lowest BCUT2D eigenvalue weighted by Gasteiger charge is -2.26. The molecule has 0 aliphatic heterocycles. The van der Waals surface area contributed by atoms with Gasteiger partial charge in [-0.3, -0.25) is 15.6 Å². The molecule has 0 unspecified atom stereocenters. The van der Waals surface area contributed by atoms with Gasteiger partial charge < -0.3 is 5.73 Å². The molecule has 0 aliphatic rings. The van der Waals surface area contributed by atoms with E-state index in [0.29, 0.717) is 11.6 Å². The third kappa shape index (κ3) is 3.86. The van der Waals surface area contributed by atoms with Crippen LogP contribution in [0.3, 0.4) is 0 Å². The van der Waals surface area contributed by atoms with Crippen molar-refractivity contribution in [2.45, 2.75) is 27.2 Å². The number of nitrogens with one attached hydrogen (secondary N) is 2. The first-order valence-corrected chi connectivity index (χ1v) is 6.43. The quantitative estimate of drug-likeness (QED) is 0.588. The molecule has 0 spiro atoms. The van der Waals surface area contributed by atoms with E-state index in [9.17, 15) is 4.79 Å². The Morgan fingerprint density at radius 2 is 1.95 bits per heavy atom. The summed E-state index contributed by atoms with van der Waals surface area (Å²) >= 11 is 5.99. The fourth-order valence-corrected chi connectivity index (χ4v) is 2.38. The SMILES string of the molecule is CCCN(C(=O)NC(=N)N)c1c(C)cc(Cl)cc1C. The van der Waals surface area contributed by atoms with Crippen molar-refractivity contribution in [3.63, 3.8) is 0 Å². The van der Waals surface area contributed by atoms with Crippen molar-refractivity contribution in [2.75, 3.05) is 11.4 Å². The van der Waals surface area contributed by atoms with Gasteiger partial charge in [-0.1, -0.05) is 18.5 Å². The van der Waals surface area contributed by atoms with Crippen LogP contribution in [0.25, 0.3) is 0 Å². The first-order chi connectivity index (χ1) is 8.86. The number of guanidine groups is 1. The number of carbonyl (C=O) groups is 1. The highest BCUT2D eigenvalue weighted by atomic mass is 35.5. The molecule has 0 atom stereocenters. The van der Waals surface area contributed by atoms with E-state index in [-0.39, 0.29) is 5.96 Å². The third-order valence-corrected chi connectivity index (χ3v) is 2.88. The zero-order chi connectivity index (χ0) is 14.6. The molecule has 5 nitrogen and oxygen atoms in total. The van der Waals surface area contributed by atoms with Crippen molar-refractivity contribution in [2.24, 2.45) is 5.73 Å². The number of nitrogens with zero attached hydrogens (tertiary/aromatic N) is 1. The van der Waals surface area contributed by atoms with Crippen molar-refractivity contribution in [1.82, 2.24) is 5.32 Å². The molecule has 0 saturated carbocycles. The molecule has 104 valence electrons. The number of halogens is 1. The molecule has 1 aromatic rings. The highest BCUT2D eigenvalue weighted by Crippen LogP contribution is 2.28. The minimum Gasteiger partial charge on any atom is -0.370 e. The van der Waals surface area contributed by atoms with Gasteiger partial charge in [0.2, 0.25) is 0 Å². The Bertz CT molecular complexity index is 478. The maximum atomic E-state index is 12.1. The number of carbonyl (C=O) groups excluding carboxylic acids is 1. The van der Waals surface area contributed by atoms with Crippen LogP contribution in [-0.2, 0) is 0 Å². The maximum absolute atomic E-state index is 12.1. The average Bonchev–Trinajstić information content (AvgIpc) is 2.25. The monoisotopic (exact) mass is 282 g/mol. The van der Waals surface area contributed by atoms with E-state index in [1.165, 1.54) is 0 Å². The van der Waals surface area contributed by atoms with Gasteiger partial charge in [0.05, 0.1) is 5.69 Å². The minimum atomic E-state index is -0.400. The molecular formula is C13H19ClN4O. The molecule has 0 radical (unpaired) electrons. The van der Waals surface area contributed by atoms with Crippen molar-refractivity contribution in [1.29, 1.82) is 5.41 Å². The van der Waals surface area contributed by atoms with Gasteiger partial charge in [-0.05, 0) is 43.5 Å². The second-order valence-corrected chi connectivity index (χ2v) is 4.82. The molecule has 0 aromatic heterocycles. The molecule has 2 amide bonds. The van der Waals surface area contributed by atoms with Crippen molar-refractivity contribution >= 4 is 29.3 Å². The third-order valence-electron chi connectivity index (χ3n) is 2.66. The number of rotatable bonds is 3. The van der Waals surface area contributed by atoms with E-state index >= 15 is 0 Å². The number of amides is 2. The van der Waals surface area contributed by atoms with Crippen molar-refractivity contribution < 1.29 is 4.79 Å². The van der Waals surface area contributed by atoms with Gasteiger partial charge in [0.25, 0.3) is 0 Å². The normalized spacial score (nSPS) is 10.1. The topological polar surface area (TPSA) is 82.2 Å². The zero-order valence-electron chi connectivity index (χ0n) is 11.4. The Morgan fingerprint density at radius 3 is 2.37 bits per heavy atom. The molecule has 4 N–H and O–H groups in total. The average molecular weight is 283 g/mol. The number of hydrogen-bond acceptors (Lipinski definition) is 2. The number of anilines is 1. The molecule has 0 fully saturated rings. The molecule has 0 bridgehead atoms. The lowest BCUT2D eigenvalue weighted by Crippen LogP contribution is -2.46. The van der Waals surface area contributed by atoms with E-state index in [1.807, 2.05) is 32.9 Å². The lowest BCUT2D eigenvalue weighted by molar-refractivity contribution is 0.250. The Hall–Kier alpha value is -1.75. The number of nitrogens with two attached hydrogens (primary N) is 1. The van der Waals surface area contributed by atoms with Crippen LogP contribution in [0.2, 0.25) is 5.02 Å². The molecule has 1 aromatic carbocycles. The molecule has 1 rings (SSSR count). The zero-order valence-corrected chi connectivity index (χ0v) is 12.1. The number of benzene rings is 1. The van der Waals surface area contributed by atoms with E-state index in [1.54, 1.807) is 4.90 Å². The summed E-state index contributed by atoms with van der Waals surface area (Å²) in [5.41, 5.74) is 7.85. The van der Waals surface area contributed by atoms with E-state index < -0.39 is 6.03 Å². The van der Waals surface area contributed by atoms with Gasteiger partial charge in [0.1, 0.15) is 0 Å². The summed E-state index contributed by atoms with van der Waals surface area (Å²) in [5, 5.41) is 10.1. The summed E-state index contributed by atoms with van der Waals surface area (Å²) in [6.07, 6.45) is 0.798. The number of hydrogen-bond donors (Lipinski definition) is 3. The van der Waals surface area contributed by atoms with Gasteiger partial charge in [0, 0.05) is 11.6 Å². The van der Waals surface area contributed by atoms with Gasteiger partial charge in [0.15, 0.2) is 5.96 Å². The second-order valence-electron chi connectivity index (χ2n) is 4.38. The van der Waals surface area contributed by atoms with Crippen LogP contribution in [0.4, 0.5) is 10.5 Å². The largest absolute Gasteiger partial charge is 0.370 e. The Balaban J connectivity index is 3.19. The van der Waals surface area contributed by atoms with Crippen LogP contribution in [0.5, 0.6) is 0 Å². The summed E-state index contributed by atoms with van der Waals surface area (Å²) in [6.45, 7) is 6.33. The minimum absolute atomic E-state index is 0.365. The van der Waals surface area contributed by atoms with Crippen LogP contribution in [-0.4, -0.2) is 18.5 Å². The lowest BCUT2D eigenvalue weighted by atomic mass is 10.1. The smallest absolute Gasteiger partial charge is 0.328 e. The summed E-state index contributed by atoms with van der Waals surface area (Å²) < 4.78 is 0. The van der Waals surface area contributed by atoms with Crippen LogP contribution in [0, 0.1) is 19.3 Å². The summed E-state index contributed by atoms with van der Waals surface area (Å²) in [5.74, 6) is -0.365. The predicted molar refractivity (Wildman–Crippen MR) is 79.0 cm³/mol. The predicted octanol–water partition coefficient (Wildman–Crippen LogP) is 2.78. The van der Waals surface area contributed by atoms with Crippen LogP contribution in [0.1, 0.15) is 24.5 Å². The Labute approximate surface area is 118 Å². The molecule has 0 heterocycles. The Kier molecular flexibility index (Phi) is 5.18. The van der Waals surface area contributed by atoms with Crippen molar-refractivity contribution in [3.05, 3.63) is 28.3 Å². The summed E-state index contributed by atoms with van der Waals surface area (Å²) in [6, 6.07) is 3.23. The summed E-state index contributed by atoms with van der Waals surface area (Å²) in [7, 11) is 0. The Morgan fingerprint density at radius 1 is 1.42 bits per heavy atom. The van der Waals surface area contributed by atoms with Gasteiger partial charge >= 0.3 is 6.03 Å². The fourth-order valence-electron chi connectivity index (χ4n) is 2.05. The van der Waals surface area contributed by atoms with E-state index in [2.05, 4.69) is 5.32 Å². The van der Waals surface area contributed by atoms with Crippen molar-refractivity contribution in [3.8, 4) is 0 Å². The summed E-state index contributed by atoms with van der Waals surface area (Å²) in [4.78, 5) is 13.7. The first kappa shape index (κ1) is 15.3. The number of aryl methyl sites for hydroxylation is 2. The molecule has 19 heavy (non-hydrogen) atoms. The highest BCUT2D eigenvalue weighted by molar-refractivity contribution is 6.30. The first-order valence-electron chi connectivity index (χ1n) is 6.06. The van der Waals surface area contributed by atoms with E-state index in [0.717, 1.165) is 23.2 Å².